The SMILES string of the molecule is CCOC(=N)CCC#N. The van der Waals surface area contributed by atoms with Gasteiger partial charge in [-0.3, -0.25) is 5.41 Å². The van der Waals surface area contributed by atoms with Crippen LogP contribution in [-0.4, -0.2) is 12.5 Å². The second-order valence-corrected chi connectivity index (χ2v) is 1.51. The van der Waals surface area contributed by atoms with Gasteiger partial charge in [-0.05, 0) is 6.92 Å². The summed E-state index contributed by atoms with van der Waals surface area (Å²) in [4.78, 5) is 0. The highest BCUT2D eigenvalue weighted by molar-refractivity contribution is 5.72. The molecule has 0 amide bonds. The zero-order valence-corrected chi connectivity index (χ0v) is 5.48. The molecule has 0 aromatic carbocycles. The molecule has 0 fully saturated rings. The van der Waals surface area contributed by atoms with E-state index in [1.807, 2.05) is 13.0 Å². The van der Waals surface area contributed by atoms with Gasteiger partial charge < -0.3 is 4.74 Å². The Kier molecular flexibility index (Phi) is 4.51. The van der Waals surface area contributed by atoms with Crippen molar-refractivity contribution in [2.24, 2.45) is 0 Å². The lowest BCUT2D eigenvalue weighted by Crippen LogP contribution is -2.01. The molecule has 0 saturated heterocycles. The van der Waals surface area contributed by atoms with Gasteiger partial charge in [0.1, 0.15) is 0 Å². The van der Waals surface area contributed by atoms with E-state index in [1.54, 1.807) is 0 Å². The van der Waals surface area contributed by atoms with Crippen LogP contribution in [-0.2, 0) is 4.74 Å². The van der Waals surface area contributed by atoms with Gasteiger partial charge in [0.25, 0.3) is 0 Å². The van der Waals surface area contributed by atoms with Crippen molar-refractivity contribution < 1.29 is 4.74 Å². The summed E-state index contributed by atoms with van der Waals surface area (Å²) in [5, 5.41) is 15.1. The zero-order valence-electron chi connectivity index (χ0n) is 5.48. The average molecular weight is 126 g/mol. The number of ether oxygens (including phenoxy) is 1. The van der Waals surface area contributed by atoms with Crippen LogP contribution in [0.1, 0.15) is 19.8 Å². The average Bonchev–Trinajstić information content (AvgIpc) is 1.85. The van der Waals surface area contributed by atoms with Gasteiger partial charge in [-0.25, -0.2) is 0 Å². The molecule has 0 aliphatic carbocycles. The van der Waals surface area contributed by atoms with Gasteiger partial charge in [-0.15, -0.1) is 0 Å². The lowest BCUT2D eigenvalue weighted by atomic mass is 10.3. The van der Waals surface area contributed by atoms with Gasteiger partial charge in [0.2, 0.25) is 0 Å². The first-order valence-electron chi connectivity index (χ1n) is 2.88. The molecule has 0 unspecified atom stereocenters. The second kappa shape index (κ2) is 5.10. The Morgan fingerprint density at radius 1 is 1.78 bits per heavy atom. The summed E-state index contributed by atoms with van der Waals surface area (Å²) in [5.74, 6) is 0.207. The fraction of sp³-hybridized carbons (Fsp3) is 0.667. The highest BCUT2D eigenvalue weighted by Gasteiger charge is 1.92. The molecule has 3 nitrogen and oxygen atoms in total. The minimum Gasteiger partial charge on any atom is -0.481 e. The molecule has 0 spiro atoms. The van der Waals surface area contributed by atoms with Crippen LogP contribution < -0.4 is 0 Å². The first-order chi connectivity index (χ1) is 4.31. The van der Waals surface area contributed by atoms with Crippen molar-refractivity contribution in [2.45, 2.75) is 19.8 Å². The predicted molar refractivity (Wildman–Crippen MR) is 34.2 cm³/mol. The third kappa shape index (κ3) is 4.82. The molecule has 0 aromatic rings. The molecule has 3 heteroatoms. The van der Waals surface area contributed by atoms with Gasteiger partial charge >= 0.3 is 0 Å². The van der Waals surface area contributed by atoms with Gasteiger partial charge in [0, 0.05) is 12.8 Å². The molecule has 0 rings (SSSR count). The molecular weight excluding hydrogens is 116 g/mol. The molecule has 0 saturated carbocycles. The van der Waals surface area contributed by atoms with E-state index >= 15 is 0 Å². The van der Waals surface area contributed by atoms with Gasteiger partial charge in [-0.1, -0.05) is 0 Å². The summed E-state index contributed by atoms with van der Waals surface area (Å²) in [5.41, 5.74) is 0. The highest BCUT2D eigenvalue weighted by Crippen LogP contribution is 1.90. The summed E-state index contributed by atoms with van der Waals surface area (Å²) < 4.78 is 4.78. The smallest absolute Gasteiger partial charge is 0.181 e. The van der Waals surface area contributed by atoms with Crippen LogP contribution in [0.3, 0.4) is 0 Å². The maximum Gasteiger partial charge on any atom is 0.181 e. The summed E-state index contributed by atoms with van der Waals surface area (Å²) in [6, 6.07) is 1.94. The van der Waals surface area contributed by atoms with E-state index in [-0.39, 0.29) is 5.90 Å². The van der Waals surface area contributed by atoms with Crippen LogP contribution in [0, 0.1) is 16.7 Å². The van der Waals surface area contributed by atoms with E-state index in [0.29, 0.717) is 19.4 Å². The molecular formula is C6H10N2O. The summed E-state index contributed by atoms with van der Waals surface area (Å²) >= 11 is 0. The summed E-state index contributed by atoms with van der Waals surface area (Å²) in [6.45, 7) is 2.34. The fourth-order valence-electron chi connectivity index (χ4n) is 0.416. The van der Waals surface area contributed by atoms with E-state index in [2.05, 4.69) is 0 Å². The number of hydrogen-bond donors (Lipinski definition) is 1. The molecule has 1 N–H and O–H groups in total. The largest absolute Gasteiger partial charge is 0.481 e. The molecule has 50 valence electrons. The molecule has 9 heavy (non-hydrogen) atoms. The Balaban J connectivity index is 3.19. The van der Waals surface area contributed by atoms with E-state index in [1.165, 1.54) is 0 Å². The van der Waals surface area contributed by atoms with Crippen molar-refractivity contribution in [2.75, 3.05) is 6.61 Å². The molecule has 0 aromatic heterocycles. The predicted octanol–water partition coefficient (Wildman–Crippen LogP) is 1.30. The molecule has 0 heterocycles. The number of rotatable bonds is 3. The van der Waals surface area contributed by atoms with Gasteiger partial charge in [-0.2, -0.15) is 5.26 Å². The van der Waals surface area contributed by atoms with Crippen molar-refractivity contribution in [3.05, 3.63) is 0 Å². The monoisotopic (exact) mass is 126 g/mol. The van der Waals surface area contributed by atoms with E-state index in [0.717, 1.165) is 0 Å². The first kappa shape index (κ1) is 7.96. The maximum absolute atomic E-state index is 8.08. The Bertz CT molecular complexity index is 126. The Morgan fingerprint density at radius 3 is 2.89 bits per heavy atom. The van der Waals surface area contributed by atoms with Crippen molar-refractivity contribution in [1.29, 1.82) is 10.7 Å². The third-order valence-corrected chi connectivity index (χ3v) is 0.782. The van der Waals surface area contributed by atoms with Crippen LogP contribution in [0.5, 0.6) is 0 Å². The van der Waals surface area contributed by atoms with Crippen LogP contribution in [0.25, 0.3) is 0 Å². The minimum absolute atomic E-state index is 0.207. The molecule has 0 aliphatic heterocycles. The molecule has 0 aliphatic rings. The van der Waals surface area contributed by atoms with Crippen molar-refractivity contribution in [3.63, 3.8) is 0 Å². The van der Waals surface area contributed by atoms with Crippen LogP contribution in [0.2, 0.25) is 0 Å². The molecule has 0 radical (unpaired) electrons. The first-order valence-corrected chi connectivity index (χ1v) is 2.88. The van der Waals surface area contributed by atoms with Crippen LogP contribution in [0.4, 0.5) is 0 Å². The Hall–Kier alpha value is -1.04. The quantitative estimate of drug-likeness (QED) is 0.457. The van der Waals surface area contributed by atoms with E-state index in [9.17, 15) is 0 Å². The lowest BCUT2D eigenvalue weighted by Gasteiger charge is -1.99. The van der Waals surface area contributed by atoms with Gasteiger partial charge in [0.05, 0.1) is 12.7 Å². The summed E-state index contributed by atoms with van der Waals surface area (Å²) in [6.07, 6.45) is 0.809. The zero-order chi connectivity index (χ0) is 7.11. The Morgan fingerprint density at radius 2 is 2.44 bits per heavy atom. The maximum atomic E-state index is 8.08. The second-order valence-electron chi connectivity index (χ2n) is 1.51. The van der Waals surface area contributed by atoms with Crippen molar-refractivity contribution >= 4 is 5.90 Å². The topological polar surface area (TPSA) is 56.9 Å². The number of nitrogens with zero attached hydrogens (tertiary/aromatic N) is 1. The minimum atomic E-state index is 0.207. The van der Waals surface area contributed by atoms with E-state index in [4.69, 9.17) is 15.4 Å². The lowest BCUT2D eigenvalue weighted by molar-refractivity contribution is 0.314. The van der Waals surface area contributed by atoms with Crippen molar-refractivity contribution in [3.8, 4) is 6.07 Å². The van der Waals surface area contributed by atoms with E-state index < -0.39 is 0 Å². The van der Waals surface area contributed by atoms with Crippen LogP contribution >= 0.6 is 0 Å². The normalized spacial score (nSPS) is 8.00. The van der Waals surface area contributed by atoms with Crippen molar-refractivity contribution in [1.82, 2.24) is 0 Å². The number of nitrogens with one attached hydrogen (secondary N) is 1. The highest BCUT2D eigenvalue weighted by atomic mass is 16.5. The number of hydrogen-bond acceptors (Lipinski definition) is 3. The van der Waals surface area contributed by atoms with Gasteiger partial charge in [0.15, 0.2) is 5.90 Å². The van der Waals surface area contributed by atoms with Crippen LogP contribution in [0.15, 0.2) is 0 Å². The summed E-state index contributed by atoms with van der Waals surface area (Å²) in [7, 11) is 0. The molecule has 0 bridgehead atoms. The third-order valence-electron chi connectivity index (χ3n) is 0.782. The standard InChI is InChI=1S/C6H10N2O/c1-2-9-6(8)4-3-5-7/h8H,2-4H2,1H3. The Labute approximate surface area is 54.8 Å². The fourth-order valence-corrected chi connectivity index (χ4v) is 0.416. The molecule has 0 atom stereocenters. The number of nitriles is 1.